The first-order chi connectivity index (χ1) is 16.5. The van der Waals surface area contributed by atoms with E-state index in [0.29, 0.717) is 35.8 Å². The Morgan fingerprint density at radius 1 is 1.15 bits per heavy atom. The van der Waals surface area contributed by atoms with Gasteiger partial charge in [0.15, 0.2) is 5.82 Å². The number of hydrogen-bond acceptors (Lipinski definition) is 7. The highest BCUT2D eigenvalue weighted by molar-refractivity contribution is 6.30. The minimum Gasteiger partial charge on any atom is -0.481 e. The van der Waals surface area contributed by atoms with E-state index in [1.54, 1.807) is 24.8 Å². The zero-order chi connectivity index (χ0) is 24.1. The highest BCUT2D eigenvalue weighted by Crippen LogP contribution is 2.31. The van der Waals surface area contributed by atoms with Crippen molar-refractivity contribution in [3.05, 3.63) is 93.9 Å². The summed E-state index contributed by atoms with van der Waals surface area (Å²) in [4.78, 5) is 8.38. The second kappa shape index (κ2) is 10.7. The SMILES string of the molecule is COc1cccc(CCNC(c2c(F)cnc(Cl)c2C)c2nnnn2C(C)c2ccccc2)n1. The van der Waals surface area contributed by atoms with Gasteiger partial charge in [-0.15, -0.1) is 5.10 Å². The third-order valence-electron chi connectivity index (χ3n) is 5.70. The van der Waals surface area contributed by atoms with E-state index in [-0.39, 0.29) is 11.2 Å². The maximum Gasteiger partial charge on any atom is 0.213 e. The summed E-state index contributed by atoms with van der Waals surface area (Å²) in [6.07, 6.45) is 1.71. The Kier molecular flexibility index (Phi) is 7.44. The molecule has 3 heterocycles. The molecule has 0 spiro atoms. The van der Waals surface area contributed by atoms with Crippen LogP contribution in [0.3, 0.4) is 0 Å². The number of tetrazole rings is 1. The Labute approximate surface area is 202 Å². The van der Waals surface area contributed by atoms with E-state index < -0.39 is 11.9 Å². The number of pyridine rings is 2. The van der Waals surface area contributed by atoms with Crippen LogP contribution in [0.1, 0.15) is 47.2 Å². The lowest BCUT2D eigenvalue weighted by atomic mass is 10.0. The molecule has 0 amide bonds. The summed E-state index contributed by atoms with van der Waals surface area (Å²) >= 11 is 6.26. The number of nitrogens with zero attached hydrogens (tertiary/aromatic N) is 6. The zero-order valence-corrected chi connectivity index (χ0v) is 19.9. The molecule has 0 aliphatic rings. The van der Waals surface area contributed by atoms with E-state index in [4.69, 9.17) is 16.3 Å². The first kappa shape index (κ1) is 23.7. The molecular formula is C24H25ClFN7O. The van der Waals surface area contributed by atoms with Crippen molar-refractivity contribution in [3.8, 4) is 5.88 Å². The van der Waals surface area contributed by atoms with Gasteiger partial charge in [-0.2, -0.15) is 0 Å². The van der Waals surface area contributed by atoms with E-state index in [9.17, 15) is 0 Å². The van der Waals surface area contributed by atoms with Crippen LogP contribution in [-0.4, -0.2) is 43.8 Å². The van der Waals surface area contributed by atoms with E-state index in [0.717, 1.165) is 17.5 Å². The van der Waals surface area contributed by atoms with Gasteiger partial charge >= 0.3 is 0 Å². The highest BCUT2D eigenvalue weighted by Gasteiger charge is 2.28. The summed E-state index contributed by atoms with van der Waals surface area (Å²) in [7, 11) is 1.58. The van der Waals surface area contributed by atoms with Gasteiger partial charge in [-0.25, -0.2) is 19.0 Å². The number of ether oxygens (including phenoxy) is 1. The average Bonchev–Trinajstić information content (AvgIpc) is 3.35. The summed E-state index contributed by atoms with van der Waals surface area (Å²) < 4.78 is 22.0. The molecule has 0 radical (unpaired) electrons. The third-order valence-corrected chi connectivity index (χ3v) is 6.08. The molecule has 0 saturated heterocycles. The molecule has 2 atom stereocenters. The fourth-order valence-corrected chi connectivity index (χ4v) is 3.99. The molecule has 0 saturated carbocycles. The molecule has 0 aliphatic carbocycles. The molecule has 0 fully saturated rings. The Morgan fingerprint density at radius 2 is 1.94 bits per heavy atom. The van der Waals surface area contributed by atoms with Gasteiger partial charge in [0.2, 0.25) is 5.88 Å². The van der Waals surface area contributed by atoms with Gasteiger partial charge in [-0.1, -0.05) is 48.0 Å². The molecule has 10 heteroatoms. The summed E-state index contributed by atoms with van der Waals surface area (Å²) in [5.41, 5.74) is 2.75. The number of methoxy groups -OCH3 is 1. The van der Waals surface area contributed by atoms with Crippen LogP contribution in [0.25, 0.3) is 0 Å². The summed E-state index contributed by atoms with van der Waals surface area (Å²) in [5, 5.41) is 16.1. The van der Waals surface area contributed by atoms with Crippen molar-refractivity contribution in [3.63, 3.8) is 0 Å². The van der Waals surface area contributed by atoms with Gasteiger partial charge in [0.05, 0.1) is 25.4 Å². The number of nitrogens with one attached hydrogen (secondary N) is 1. The summed E-state index contributed by atoms with van der Waals surface area (Å²) in [5.74, 6) is 0.525. The maximum atomic E-state index is 15.1. The quantitative estimate of drug-likeness (QED) is 0.360. The molecule has 1 N–H and O–H groups in total. The monoisotopic (exact) mass is 481 g/mol. The largest absolute Gasteiger partial charge is 0.481 e. The van der Waals surface area contributed by atoms with Crippen molar-refractivity contribution in [2.24, 2.45) is 0 Å². The molecule has 8 nitrogen and oxygen atoms in total. The minimum atomic E-state index is -0.660. The van der Waals surface area contributed by atoms with E-state index in [1.807, 2.05) is 49.4 Å². The Hall–Kier alpha value is -3.43. The van der Waals surface area contributed by atoms with Gasteiger partial charge in [0.1, 0.15) is 11.0 Å². The van der Waals surface area contributed by atoms with Crippen LogP contribution in [0.15, 0.2) is 54.7 Å². The smallest absolute Gasteiger partial charge is 0.213 e. The second-order valence-corrected chi connectivity index (χ2v) is 8.17. The molecule has 0 bridgehead atoms. The first-order valence-electron chi connectivity index (χ1n) is 10.9. The number of halogens is 2. The van der Waals surface area contributed by atoms with Crippen molar-refractivity contribution in [1.82, 2.24) is 35.5 Å². The number of rotatable bonds is 9. The Morgan fingerprint density at radius 3 is 2.71 bits per heavy atom. The lowest BCUT2D eigenvalue weighted by Crippen LogP contribution is -2.30. The normalized spacial score (nSPS) is 13.0. The standard InChI is InChI=1S/C24H25ClFN7O/c1-15-21(19(26)14-28-23(15)25)22(27-13-12-18-10-7-11-20(29-18)34-3)24-30-31-32-33(24)16(2)17-8-5-4-6-9-17/h4-11,14,16,22,27H,12-13H2,1-3H3. The van der Waals surface area contributed by atoms with E-state index in [1.165, 1.54) is 0 Å². The van der Waals surface area contributed by atoms with Gasteiger partial charge < -0.3 is 10.1 Å². The van der Waals surface area contributed by atoms with Gasteiger partial charge in [0.25, 0.3) is 0 Å². The van der Waals surface area contributed by atoms with Crippen molar-refractivity contribution in [1.29, 1.82) is 0 Å². The molecule has 4 rings (SSSR count). The van der Waals surface area contributed by atoms with Crippen molar-refractivity contribution < 1.29 is 9.13 Å². The van der Waals surface area contributed by atoms with Gasteiger partial charge in [0, 0.05) is 30.3 Å². The predicted octanol–water partition coefficient (Wildman–Crippen LogP) is 4.10. The van der Waals surface area contributed by atoms with Crippen molar-refractivity contribution >= 4 is 11.6 Å². The summed E-state index contributed by atoms with van der Waals surface area (Å²) in [6.45, 7) is 4.21. The van der Waals surface area contributed by atoms with Crippen LogP contribution in [0.2, 0.25) is 5.15 Å². The molecule has 2 unspecified atom stereocenters. The lowest BCUT2D eigenvalue weighted by Gasteiger charge is -2.23. The Bertz CT molecular complexity index is 1250. The molecule has 0 aliphatic heterocycles. The average molecular weight is 482 g/mol. The van der Waals surface area contributed by atoms with E-state index >= 15 is 4.39 Å². The summed E-state index contributed by atoms with van der Waals surface area (Å²) in [6, 6.07) is 14.6. The fourth-order valence-electron chi connectivity index (χ4n) is 3.84. The van der Waals surface area contributed by atoms with Crippen molar-refractivity contribution in [2.75, 3.05) is 13.7 Å². The molecule has 3 aromatic heterocycles. The van der Waals surface area contributed by atoms with Crippen molar-refractivity contribution in [2.45, 2.75) is 32.4 Å². The topological polar surface area (TPSA) is 90.6 Å². The molecule has 176 valence electrons. The predicted molar refractivity (Wildman–Crippen MR) is 126 cm³/mol. The Balaban J connectivity index is 1.68. The first-order valence-corrected chi connectivity index (χ1v) is 11.2. The molecule has 34 heavy (non-hydrogen) atoms. The highest BCUT2D eigenvalue weighted by atomic mass is 35.5. The molecular weight excluding hydrogens is 457 g/mol. The van der Waals surface area contributed by atoms with Gasteiger partial charge in [-0.3, -0.25) is 0 Å². The van der Waals surface area contributed by atoms with Gasteiger partial charge in [-0.05, 0) is 41.5 Å². The maximum absolute atomic E-state index is 15.1. The molecule has 1 aromatic carbocycles. The zero-order valence-electron chi connectivity index (χ0n) is 19.1. The number of hydrogen-bond donors (Lipinski definition) is 1. The van der Waals surface area contributed by atoms with Crippen LogP contribution in [0.5, 0.6) is 5.88 Å². The number of benzene rings is 1. The second-order valence-electron chi connectivity index (χ2n) is 7.81. The van der Waals surface area contributed by atoms with Crippen LogP contribution >= 0.6 is 11.6 Å². The van der Waals surface area contributed by atoms with Crippen LogP contribution < -0.4 is 10.1 Å². The molecule has 4 aromatic rings. The third kappa shape index (κ3) is 5.05. The fraction of sp³-hybridized carbons (Fsp3) is 0.292. The van der Waals surface area contributed by atoms with Crippen LogP contribution in [0, 0.1) is 12.7 Å². The number of aromatic nitrogens is 6. The lowest BCUT2D eigenvalue weighted by molar-refractivity contribution is 0.396. The minimum absolute atomic E-state index is 0.170. The van der Waals surface area contributed by atoms with Crippen LogP contribution in [-0.2, 0) is 6.42 Å². The van der Waals surface area contributed by atoms with E-state index in [2.05, 4.69) is 30.8 Å². The van der Waals surface area contributed by atoms with Crippen LogP contribution in [0.4, 0.5) is 4.39 Å².